The highest BCUT2D eigenvalue weighted by molar-refractivity contribution is 7.09. The maximum Gasteiger partial charge on any atom is 0.270 e. The first-order valence-corrected chi connectivity index (χ1v) is 18.0. The number of nitrogens with zero attached hydrogens (tertiary/aromatic N) is 3. The maximum absolute atomic E-state index is 14.2. The molecule has 12 heteroatoms. The molecule has 1 fully saturated rings. The Hall–Kier alpha value is -2.93. The van der Waals surface area contributed by atoms with Crippen LogP contribution in [0.5, 0.6) is 0 Å². The molecule has 1 aromatic carbocycles. The van der Waals surface area contributed by atoms with Gasteiger partial charge in [-0.15, -0.1) is 11.3 Å². The number of aliphatic hydroxyl groups is 1. The van der Waals surface area contributed by atoms with Crippen LogP contribution in [0.25, 0.3) is 0 Å². The number of amides is 3. The summed E-state index contributed by atoms with van der Waals surface area (Å²) < 4.78 is 13.3. The minimum absolute atomic E-state index is 0.0116. The van der Waals surface area contributed by atoms with Gasteiger partial charge in [-0.3, -0.25) is 19.3 Å². The van der Waals surface area contributed by atoms with Crippen LogP contribution in [0, 0.1) is 17.7 Å². The summed E-state index contributed by atoms with van der Waals surface area (Å²) in [5.74, 6) is -1.01. The van der Waals surface area contributed by atoms with Gasteiger partial charge in [-0.25, -0.2) is 9.37 Å². The molecule has 1 aliphatic rings. The van der Waals surface area contributed by atoms with Crippen LogP contribution in [0.1, 0.15) is 100 Å². The SMILES string of the molecule is CC[C@H](C)C(NC(=O)C1CCCCN1C)C(=O)N(CC)[C@H](C[C@@H](O)c1nc(C(=O)N[C@H](CCN)Cc2ccc(F)cc2)cs1)C(C)C. The van der Waals surface area contributed by atoms with Crippen molar-refractivity contribution >= 4 is 29.1 Å². The molecule has 6 atom stereocenters. The van der Waals surface area contributed by atoms with Gasteiger partial charge in [-0.05, 0) is 82.3 Å². The van der Waals surface area contributed by atoms with Crippen molar-refractivity contribution < 1.29 is 23.9 Å². The number of carbonyl (C=O) groups excluding carboxylic acids is 3. The number of aromatic nitrogens is 1. The Kier molecular flexibility index (Phi) is 15.2. The topological polar surface area (TPSA) is 141 Å². The molecule has 5 N–H and O–H groups in total. The number of hydrogen-bond donors (Lipinski definition) is 4. The van der Waals surface area contributed by atoms with E-state index >= 15 is 0 Å². The molecule has 2 aromatic rings. The van der Waals surface area contributed by atoms with Crippen LogP contribution in [-0.4, -0.2) is 88.5 Å². The van der Waals surface area contributed by atoms with Crippen molar-refractivity contribution in [3.8, 4) is 0 Å². The van der Waals surface area contributed by atoms with Gasteiger partial charge in [0.1, 0.15) is 28.7 Å². The van der Waals surface area contributed by atoms with Crippen LogP contribution in [0.3, 0.4) is 0 Å². The monoisotopic (exact) mass is 674 g/mol. The van der Waals surface area contributed by atoms with Gasteiger partial charge in [0.25, 0.3) is 5.91 Å². The van der Waals surface area contributed by atoms with Crippen molar-refractivity contribution in [1.29, 1.82) is 0 Å². The number of nitrogens with two attached hydrogens (primary N) is 1. The number of carbonyl (C=O) groups is 3. The van der Waals surface area contributed by atoms with Crippen LogP contribution in [0.4, 0.5) is 4.39 Å². The van der Waals surface area contributed by atoms with E-state index in [9.17, 15) is 23.9 Å². The van der Waals surface area contributed by atoms with E-state index in [0.717, 1.165) is 37.8 Å². The number of hydrogen-bond acceptors (Lipinski definition) is 8. The van der Waals surface area contributed by atoms with Crippen molar-refractivity contribution in [3.05, 3.63) is 51.7 Å². The van der Waals surface area contributed by atoms with Gasteiger partial charge >= 0.3 is 0 Å². The van der Waals surface area contributed by atoms with Crippen molar-refractivity contribution in [2.24, 2.45) is 17.6 Å². The first-order valence-electron chi connectivity index (χ1n) is 17.1. The molecule has 0 aliphatic carbocycles. The maximum atomic E-state index is 14.2. The summed E-state index contributed by atoms with van der Waals surface area (Å²) >= 11 is 1.20. The lowest BCUT2D eigenvalue weighted by Gasteiger charge is -2.39. The van der Waals surface area contributed by atoms with Gasteiger partial charge in [0.2, 0.25) is 11.8 Å². The van der Waals surface area contributed by atoms with Gasteiger partial charge in [-0.2, -0.15) is 0 Å². The number of halogens is 1. The molecule has 0 radical (unpaired) electrons. The van der Waals surface area contributed by atoms with E-state index < -0.39 is 12.1 Å². The predicted octanol–water partition coefficient (Wildman–Crippen LogP) is 4.28. The molecule has 1 saturated heterocycles. The third-order valence-corrected chi connectivity index (χ3v) is 10.3. The van der Waals surface area contributed by atoms with E-state index in [0.29, 0.717) is 30.9 Å². The fraction of sp³-hybridized carbons (Fsp3) is 0.657. The van der Waals surface area contributed by atoms with Crippen LogP contribution in [0.2, 0.25) is 0 Å². The van der Waals surface area contributed by atoms with E-state index in [1.807, 2.05) is 41.7 Å². The second-order valence-corrected chi connectivity index (χ2v) is 14.1. The molecule has 2 heterocycles. The summed E-state index contributed by atoms with van der Waals surface area (Å²) in [7, 11) is 1.96. The van der Waals surface area contributed by atoms with Crippen LogP contribution in [0.15, 0.2) is 29.6 Å². The number of nitrogens with one attached hydrogen (secondary N) is 2. The second-order valence-electron chi connectivity index (χ2n) is 13.2. The normalized spacial score (nSPS) is 18.6. The summed E-state index contributed by atoms with van der Waals surface area (Å²) in [6.07, 6.45) is 3.82. The molecule has 3 amide bonds. The number of benzene rings is 1. The van der Waals surface area contributed by atoms with Crippen molar-refractivity contribution in [3.63, 3.8) is 0 Å². The summed E-state index contributed by atoms with van der Waals surface area (Å²) in [6.45, 7) is 11.6. The van der Waals surface area contributed by atoms with E-state index in [-0.39, 0.29) is 65.6 Å². The largest absolute Gasteiger partial charge is 0.386 e. The van der Waals surface area contributed by atoms with E-state index in [4.69, 9.17) is 5.73 Å². The standard InChI is InChI=1S/C35H55FN6O4S/c1-7-23(5)31(40-33(45)28-11-9-10-18-41(28)6)35(46)42(8-2)29(22(3)4)20-30(43)34-39-27(21-47-34)32(44)38-26(16-17-37)19-24-12-14-25(36)15-13-24/h12-15,21-23,26,28-31,43H,7-11,16-20,37H2,1-6H3,(H,38,44)(H,40,45)/t23-,26+,28?,29+,30+,31?/m0/s1. The van der Waals surface area contributed by atoms with E-state index in [1.54, 1.807) is 22.4 Å². The summed E-state index contributed by atoms with van der Waals surface area (Å²) in [5, 5.41) is 19.4. The molecule has 0 saturated carbocycles. The van der Waals surface area contributed by atoms with E-state index in [1.165, 1.54) is 23.5 Å². The third-order valence-electron chi connectivity index (χ3n) is 9.39. The molecular weight excluding hydrogens is 619 g/mol. The Morgan fingerprint density at radius 1 is 1.15 bits per heavy atom. The molecule has 1 aliphatic heterocycles. The molecule has 0 bridgehead atoms. The molecule has 47 heavy (non-hydrogen) atoms. The van der Waals surface area contributed by atoms with Crippen molar-refractivity contribution in [2.75, 3.05) is 26.7 Å². The number of likely N-dealkylation sites (tertiary alicyclic amines) is 1. The van der Waals surface area contributed by atoms with Crippen molar-refractivity contribution in [2.45, 2.75) is 110 Å². The smallest absolute Gasteiger partial charge is 0.270 e. The number of rotatable bonds is 17. The van der Waals surface area contributed by atoms with Gasteiger partial charge < -0.3 is 26.4 Å². The minimum Gasteiger partial charge on any atom is -0.386 e. The van der Waals surface area contributed by atoms with Gasteiger partial charge in [0.05, 0.1) is 6.04 Å². The highest BCUT2D eigenvalue weighted by Gasteiger charge is 2.37. The molecule has 262 valence electrons. The highest BCUT2D eigenvalue weighted by Crippen LogP contribution is 2.29. The average Bonchev–Trinajstić information content (AvgIpc) is 3.55. The van der Waals surface area contributed by atoms with Crippen LogP contribution in [-0.2, 0) is 16.0 Å². The Balaban J connectivity index is 1.71. The van der Waals surface area contributed by atoms with Crippen molar-refractivity contribution in [1.82, 2.24) is 25.4 Å². The highest BCUT2D eigenvalue weighted by atomic mass is 32.1. The second kappa shape index (κ2) is 18.6. The molecule has 3 rings (SSSR count). The van der Waals surface area contributed by atoms with E-state index in [2.05, 4.69) is 20.5 Å². The lowest BCUT2D eigenvalue weighted by Crippen LogP contribution is -2.58. The summed E-state index contributed by atoms with van der Waals surface area (Å²) in [4.78, 5) is 49.0. The number of aliphatic hydroxyl groups excluding tert-OH is 1. The molecule has 2 unspecified atom stereocenters. The average molecular weight is 675 g/mol. The summed E-state index contributed by atoms with van der Waals surface area (Å²) in [5.41, 5.74) is 6.87. The quantitative estimate of drug-likeness (QED) is 0.196. The Bertz CT molecular complexity index is 1290. The number of piperidine rings is 1. The lowest BCUT2D eigenvalue weighted by molar-refractivity contribution is -0.142. The van der Waals surface area contributed by atoms with Gasteiger partial charge in [-0.1, -0.05) is 52.7 Å². The Morgan fingerprint density at radius 2 is 1.85 bits per heavy atom. The minimum atomic E-state index is -0.998. The number of thiazole rings is 1. The first-order chi connectivity index (χ1) is 22.4. The van der Waals surface area contributed by atoms with Crippen LogP contribution < -0.4 is 16.4 Å². The van der Waals surface area contributed by atoms with Gasteiger partial charge in [0, 0.05) is 30.4 Å². The molecular formula is C35H55FN6O4S. The molecule has 10 nitrogen and oxygen atoms in total. The number of likely N-dealkylation sites (N-methyl/N-ethyl adjacent to an activating group) is 2. The Labute approximate surface area is 283 Å². The van der Waals surface area contributed by atoms with Crippen LogP contribution >= 0.6 is 11.3 Å². The zero-order valence-corrected chi connectivity index (χ0v) is 29.7. The predicted molar refractivity (Wildman–Crippen MR) is 184 cm³/mol. The summed E-state index contributed by atoms with van der Waals surface area (Å²) in [6, 6.07) is 4.64. The Morgan fingerprint density at radius 3 is 2.45 bits per heavy atom. The molecule has 1 aromatic heterocycles. The van der Waals surface area contributed by atoms with Gasteiger partial charge in [0.15, 0.2) is 0 Å². The fourth-order valence-corrected chi connectivity index (χ4v) is 7.09. The first kappa shape index (κ1) is 38.5. The zero-order chi connectivity index (χ0) is 34.7. The third kappa shape index (κ3) is 10.8. The lowest BCUT2D eigenvalue weighted by atomic mass is 9.92. The fourth-order valence-electron chi connectivity index (χ4n) is 6.30. The zero-order valence-electron chi connectivity index (χ0n) is 28.9. The molecule has 0 spiro atoms.